The van der Waals surface area contributed by atoms with E-state index in [1.54, 1.807) is 6.92 Å². The van der Waals surface area contributed by atoms with Crippen molar-refractivity contribution in [3.05, 3.63) is 40.0 Å². The Morgan fingerprint density at radius 2 is 1.96 bits per heavy atom. The number of aromatic amines is 1. The van der Waals surface area contributed by atoms with Crippen LogP contribution in [-0.2, 0) is 6.54 Å². The average Bonchev–Trinajstić information content (AvgIpc) is 2.93. The summed E-state index contributed by atoms with van der Waals surface area (Å²) >= 11 is 0. The number of ketones is 1. The second kappa shape index (κ2) is 6.81. The fourth-order valence-corrected chi connectivity index (χ4v) is 2.93. The summed E-state index contributed by atoms with van der Waals surface area (Å²) in [4.78, 5) is 26.9. The molecule has 0 aromatic carbocycles. The van der Waals surface area contributed by atoms with Crippen molar-refractivity contribution in [2.24, 2.45) is 0 Å². The number of rotatable bonds is 6. The molecule has 0 fully saturated rings. The maximum Gasteiger partial charge on any atom is 0.268 e. The number of nitrogens with zero attached hydrogens (tertiary/aromatic N) is 2. The first-order valence-corrected chi connectivity index (χ1v) is 7.80. The second-order valence-corrected chi connectivity index (χ2v) is 5.94. The monoisotopic (exact) mass is 316 g/mol. The molecule has 0 aliphatic rings. The lowest BCUT2D eigenvalue weighted by Gasteiger charge is -2.06. The quantitative estimate of drug-likeness (QED) is 0.634. The SMILES string of the molecule is CC(=O)c1c(C)[nH]c(C(=O)NCCCn2nc(C)cc2C)c1C. The van der Waals surface area contributed by atoms with E-state index in [1.807, 2.05) is 31.5 Å². The second-order valence-electron chi connectivity index (χ2n) is 5.94. The number of aryl methyl sites for hydroxylation is 4. The van der Waals surface area contributed by atoms with Crippen LogP contribution in [-0.4, -0.2) is 33.0 Å². The number of hydrogen-bond donors (Lipinski definition) is 2. The maximum atomic E-state index is 12.3. The zero-order chi connectivity index (χ0) is 17.1. The molecule has 2 N–H and O–H groups in total. The molecule has 2 rings (SSSR count). The molecule has 0 saturated carbocycles. The molecule has 0 spiro atoms. The zero-order valence-corrected chi connectivity index (χ0v) is 14.4. The summed E-state index contributed by atoms with van der Waals surface area (Å²) in [5.74, 6) is -0.203. The smallest absolute Gasteiger partial charge is 0.268 e. The highest BCUT2D eigenvalue weighted by Gasteiger charge is 2.19. The molecular formula is C17H24N4O2. The van der Waals surface area contributed by atoms with Gasteiger partial charge in [-0.2, -0.15) is 5.10 Å². The summed E-state index contributed by atoms with van der Waals surface area (Å²) in [5.41, 5.74) is 4.65. The molecule has 0 bridgehead atoms. The van der Waals surface area contributed by atoms with Gasteiger partial charge in [-0.25, -0.2) is 0 Å². The van der Waals surface area contributed by atoms with Gasteiger partial charge in [-0.3, -0.25) is 14.3 Å². The Balaban J connectivity index is 1.92. The van der Waals surface area contributed by atoms with Gasteiger partial charge in [0.1, 0.15) is 5.69 Å². The standard InChI is InChI=1S/C17H24N4O2/c1-10-9-11(2)21(20-10)8-6-7-18-17(23)16-12(3)15(14(5)22)13(4)19-16/h9,19H,6-8H2,1-5H3,(H,18,23). The number of carbonyl (C=O) groups is 2. The highest BCUT2D eigenvalue weighted by molar-refractivity contribution is 6.02. The zero-order valence-electron chi connectivity index (χ0n) is 14.4. The average molecular weight is 316 g/mol. The Kier molecular flexibility index (Phi) is 5.03. The molecule has 1 amide bonds. The fraction of sp³-hybridized carbons (Fsp3) is 0.471. The van der Waals surface area contributed by atoms with Crippen LogP contribution < -0.4 is 5.32 Å². The van der Waals surface area contributed by atoms with Gasteiger partial charge >= 0.3 is 0 Å². The maximum absolute atomic E-state index is 12.3. The van der Waals surface area contributed by atoms with Gasteiger partial charge < -0.3 is 10.3 Å². The van der Waals surface area contributed by atoms with Gasteiger partial charge in [0.25, 0.3) is 5.91 Å². The largest absolute Gasteiger partial charge is 0.354 e. The molecule has 6 heteroatoms. The minimum Gasteiger partial charge on any atom is -0.354 e. The molecule has 0 unspecified atom stereocenters. The molecule has 2 heterocycles. The number of aromatic nitrogens is 3. The van der Waals surface area contributed by atoms with Crippen LogP contribution in [0.4, 0.5) is 0 Å². The van der Waals surface area contributed by atoms with Crippen LogP contribution in [0, 0.1) is 27.7 Å². The number of carbonyl (C=O) groups excluding carboxylic acids is 2. The van der Waals surface area contributed by atoms with Crippen LogP contribution >= 0.6 is 0 Å². The molecular weight excluding hydrogens is 292 g/mol. The predicted octanol–water partition coefficient (Wildman–Crippen LogP) is 2.47. The third-order valence-electron chi connectivity index (χ3n) is 3.95. The Morgan fingerprint density at radius 1 is 1.26 bits per heavy atom. The molecule has 0 atom stereocenters. The van der Waals surface area contributed by atoms with E-state index in [2.05, 4.69) is 15.4 Å². The van der Waals surface area contributed by atoms with Gasteiger partial charge in [0.2, 0.25) is 0 Å². The highest BCUT2D eigenvalue weighted by Crippen LogP contribution is 2.18. The van der Waals surface area contributed by atoms with E-state index in [0.29, 0.717) is 23.4 Å². The van der Waals surface area contributed by atoms with E-state index < -0.39 is 0 Å². The van der Waals surface area contributed by atoms with Crippen molar-refractivity contribution in [1.82, 2.24) is 20.1 Å². The van der Waals surface area contributed by atoms with Crippen molar-refractivity contribution >= 4 is 11.7 Å². The van der Waals surface area contributed by atoms with Crippen LogP contribution in [0.2, 0.25) is 0 Å². The fourth-order valence-electron chi connectivity index (χ4n) is 2.93. The highest BCUT2D eigenvalue weighted by atomic mass is 16.2. The molecule has 6 nitrogen and oxygen atoms in total. The summed E-state index contributed by atoms with van der Waals surface area (Å²) in [7, 11) is 0. The van der Waals surface area contributed by atoms with Crippen LogP contribution in [0.15, 0.2) is 6.07 Å². The van der Waals surface area contributed by atoms with Gasteiger partial charge in [-0.15, -0.1) is 0 Å². The Bertz CT molecular complexity index is 740. The van der Waals surface area contributed by atoms with Crippen molar-refractivity contribution in [3.63, 3.8) is 0 Å². The predicted molar refractivity (Wildman–Crippen MR) is 88.9 cm³/mol. The first kappa shape index (κ1) is 17.0. The number of hydrogen-bond acceptors (Lipinski definition) is 3. The normalized spacial score (nSPS) is 10.8. The number of amides is 1. The number of Topliss-reactive ketones (excluding diaryl/α,β-unsaturated/α-hetero) is 1. The minimum atomic E-state index is -0.175. The van der Waals surface area contributed by atoms with Gasteiger partial charge in [-0.05, 0) is 52.7 Å². The van der Waals surface area contributed by atoms with Gasteiger partial charge in [0, 0.05) is 30.0 Å². The number of H-pyrrole nitrogens is 1. The Hall–Kier alpha value is -2.37. The molecule has 0 aliphatic heterocycles. The first-order valence-electron chi connectivity index (χ1n) is 7.80. The van der Waals surface area contributed by atoms with Crippen LogP contribution in [0.5, 0.6) is 0 Å². The first-order chi connectivity index (χ1) is 10.8. The lowest BCUT2D eigenvalue weighted by molar-refractivity contribution is 0.0947. The Labute approximate surface area is 136 Å². The van der Waals surface area contributed by atoms with Crippen molar-refractivity contribution in [2.75, 3.05) is 6.54 Å². The van der Waals surface area contributed by atoms with Crippen molar-refractivity contribution in [2.45, 2.75) is 47.6 Å². The molecule has 2 aromatic heterocycles. The van der Waals surface area contributed by atoms with E-state index >= 15 is 0 Å². The molecule has 2 aromatic rings. The van der Waals surface area contributed by atoms with Gasteiger partial charge in [-0.1, -0.05) is 0 Å². The molecule has 0 radical (unpaired) electrons. The lowest BCUT2D eigenvalue weighted by Crippen LogP contribution is -2.26. The summed E-state index contributed by atoms with van der Waals surface area (Å²) in [6.07, 6.45) is 0.798. The van der Waals surface area contributed by atoms with Crippen molar-refractivity contribution in [3.8, 4) is 0 Å². The summed E-state index contributed by atoms with van der Waals surface area (Å²) in [6.45, 7) is 10.4. The van der Waals surface area contributed by atoms with E-state index in [0.717, 1.165) is 30.0 Å². The van der Waals surface area contributed by atoms with Crippen molar-refractivity contribution < 1.29 is 9.59 Å². The summed E-state index contributed by atoms with van der Waals surface area (Å²) in [6, 6.07) is 2.03. The van der Waals surface area contributed by atoms with Crippen LogP contribution in [0.3, 0.4) is 0 Å². The van der Waals surface area contributed by atoms with E-state index in [1.165, 1.54) is 6.92 Å². The molecule has 124 valence electrons. The van der Waals surface area contributed by atoms with E-state index in [4.69, 9.17) is 0 Å². The topological polar surface area (TPSA) is 79.8 Å². The summed E-state index contributed by atoms with van der Waals surface area (Å²) < 4.78 is 1.94. The van der Waals surface area contributed by atoms with Gasteiger partial charge in [0.15, 0.2) is 5.78 Å². The molecule has 23 heavy (non-hydrogen) atoms. The summed E-state index contributed by atoms with van der Waals surface area (Å²) in [5, 5.41) is 7.29. The van der Waals surface area contributed by atoms with E-state index in [-0.39, 0.29) is 11.7 Å². The molecule has 0 aliphatic carbocycles. The minimum absolute atomic E-state index is 0.0279. The van der Waals surface area contributed by atoms with Gasteiger partial charge in [0.05, 0.1) is 5.69 Å². The Morgan fingerprint density at radius 3 is 2.48 bits per heavy atom. The van der Waals surface area contributed by atoms with Crippen LogP contribution in [0.1, 0.15) is 56.8 Å². The lowest BCUT2D eigenvalue weighted by atomic mass is 10.1. The number of nitrogens with one attached hydrogen (secondary N) is 2. The van der Waals surface area contributed by atoms with E-state index in [9.17, 15) is 9.59 Å². The van der Waals surface area contributed by atoms with Crippen molar-refractivity contribution in [1.29, 1.82) is 0 Å². The molecule has 0 saturated heterocycles. The third-order valence-corrected chi connectivity index (χ3v) is 3.95. The third kappa shape index (κ3) is 3.70. The van der Waals surface area contributed by atoms with Crippen LogP contribution in [0.25, 0.3) is 0 Å².